The van der Waals surface area contributed by atoms with Crippen molar-refractivity contribution in [2.45, 2.75) is 63.7 Å². The van der Waals surface area contributed by atoms with E-state index in [-0.39, 0.29) is 18.0 Å². The number of amides is 1. The molecule has 0 bridgehead atoms. The number of benzene rings is 1. The van der Waals surface area contributed by atoms with Gasteiger partial charge in [0.05, 0.1) is 0 Å². The molecule has 1 aliphatic carbocycles. The van der Waals surface area contributed by atoms with Crippen molar-refractivity contribution in [1.82, 2.24) is 25.4 Å². The van der Waals surface area contributed by atoms with Gasteiger partial charge in [-0.1, -0.05) is 37.3 Å². The van der Waals surface area contributed by atoms with Crippen molar-refractivity contribution in [2.75, 3.05) is 0 Å². The molecule has 0 radical (unpaired) electrons. The zero-order chi connectivity index (χ0) is 17.2. The van der Waals surface area contributed by atoms with Crippen molar-refractivity contribution in [3.05, 3.63) is 47.5 Å². The van der Waals surface area contributed by atoms with Gasteiger partial charge in [-0.2, -0.15) is 0 Å². The third-order valence-corrected chi connectivity index (χ3v) is 5.06. The molecule has 1 saturated carbocycles. The minimum Gasteiger partial charge on any atom is -0.352 e. The number of carbonyl (C=O) groups is 1. The summed E-state index contributed by atoms with van der Waals surface area (Å²) < 4.78 is 2.21. The van der Waals surface area contributed by atoms with Gasteiger partial charge in [-0.15, -0.1) is 10.2 Å². The molecule has 0 unspecified atom stereocenters. The highest BCUT2D eigenvalue weighted by Crippen LogP contribution is 2.23. The topological polar surface area (TPSA) is 71.8 Å². The summed E-state index contributed by atoms with van der Waals surface area (Å²) in [5.74, 6) is 2.17. The molecule has 1 amide bonds. The highest BCUT2D eigenvalue weighted by atomic mass is 16.2. The fraction of sp³-hybridized carbons (Fsp3) is 0.526. The van der Waals surface area contributed by atoms with Crippen LogP contribution in [0.5, 0.6) is 0 Å². The molecular weight excluding hydrogens is 314 g/mol. The largest absolute Gasteiger partial charge is 0.352 e. The second-order valence-electron chi connectivity index (χ2n) is 7.03. The molecule has 6 heteroatoms. The summed E-state index contributed by atoms with van der Waals surface area (Å²) in [4.78, 5) is 12.8. The van der Waals surface area contributed by atoms with Crippen molar-refractivity contribution in [1.29, 1.82) is 0 Å². The lowest BCUT2D eigenvalue weighted by atomic mass is 10.0. The SMILES string of the molecule is CCc1nnc2n1C[C@@H](N[C@H](C(=O)NC1CC1)c1ccccc1)CC2. The molecule has 1 aliphatic heterocycles. The van der Waals surface area contributed by atoms with E-state index >= 15 is 0 Å². The molecule has 1 aromatic heterocycles. The summed E-state index contributed by atoms with van der Waals surface area (Å²) >= 11 is 0. The molecule has 1 aromatic carbocycles. The van der Waals surface area contributed by atoms with Gasteiger partial charge in [0, 0.05) is 31.5 Å². The smallest absolute Gasteiger partial charge is 0.241 e. The third-order valence-electron chi connectivity index (χ3n) is 5.06. The summed E-state index contributed by atoms with van der Waals surface area (Å²) in [6.45, 7) is 2.93. The standard InChI is InChI=1S/C19H25N5O/c1-2-16-22-23-17-11-10-15(12-24(16)17)20-18(13-6-4-3-5-7-13)19(25)21-14-8-9-14/h3-7,14-15,18,20H,2,8-12H2,1H3,(H,21,25)/t15-,18-/m0/s1. The highest BCUT2D eigenvalue weighted by molar-refractivity contribution is 5.83. The Kier molecular flexibility index (Phi) is 4.53. The van der Waals surface area contributed by atoms with Crippen LogP contribution in [-0.2, 0) is 24.2 Å². The van der Waals surface area contributed by atoms with Crippen LogP contribution < -0.4 is 10.6 Å². The van der Waals surface area contributed by atoms with Gasteiger partial charge in [0.25, 0.3) is 0 Å². The predicted molar refractivity (Wildman–Crippen MR) is 95.0 cm³/mol. The fourth-order valence-electron chi connectivity index (χ4n) is 3.50. The second kappa shape index (κ2) is 6.96. The number of fused-ring (bicyclic) bond motifs is 1. The van der Waals surface area contributed by atoms with Crippen LogP contribution in [0, 0.1) is 0 Å². The lowest BCUT2D eigenvalue weighted by Crippen LogP contribution is -2.46. The van der Waals surface area contributed by atoms with Crippen LogP contribution in [0.1, 0.15) is 49.4 Å². The second-order valence-corrected chi connectivity index (χ2v) is 7.03. The molecule has 0 spiro atoms. The van der Waals surface area contributed by atoms with Crippen LogP contribution in [0.3, 0.4) is 0 Å². The summed E-state index contributed by atoms with van der Waals surface area (Å²) in [5.41, 5.74) is 1.02. The Morgan fingerprint density at radius 1 is 1.20 bits per heavy atom. The Hall–Kier alpha value is -2.21. The number of nitrogens with zero attached hydrogens (tertiary/aromatic N) is 3. The van der Waals surface area contributed by atoms with E-state index in [0.717, 1.165) is 55.9 Å². The first-order valence-electron chi connectivity index (χ1n) is 9.27. The summed E-state index contributed by atoms with van der Waals surface area (Å²) in [7, 11) is 0. The maximum Gasteiger partial charge on any atom is 0.241 e. The van der Waals surface area contributed by atoms with E-state index in [1.54, 1.807) is 0 Å². The van der Waals surface area contributed by atoms with Crippen molar-refractivity contribution < 1.29 is 4.79 Å². The number of carbonyl (C=O) groups excluding carboxylic acids is 1. The van der Waals surface area contributed by atoms with Gasteiger partial charge in [-0.3, -0.25) is 10.1 Å². The van der Waals surface area contributed by atoms with Gasteiger partial charge >= 0.3 is 0 Å². The average molecular weight is 339 g/mol. The Morgan fingerprint density at radius 3 is 2.72 bits per heavy atom. The van der Waals surface area contributed by atoms with E-state index in [1.165, 1.54) is 0 Å². The molecule has 2 atom stereocenters. The van der Waals surface area contributed by atoms with Crippen molar-refractivity contribution in [3.8, 4) is 0 Å². The van der Waals surface area contributed by atoms with Crippen LogP contribution in [0.15, 0.2) is 30.3 Å². The monoisotopic (exact) mass is 339 g/mol. The number of hydrogen-bond donors (Lipinski definition) is 2. The molecular formula is C19H25N5O. The van der Waals surface area contributed by atoms with Crippen LogP contribution in [0.4, 0.5) is 0 Å². The third kappa shape index (κ3) is 3.58. The number of hydrogen-bond acceptors (Lipinski definition) is 4. The molecule has 132 valence electrons. The fourth-order valence-corrected chi connectivity index (χ4v) is 3.50. The van der Waals surface area contributed by atoms with E-state index < -0.39 is 0 Å². The summed E-state index contributed by atoms with van der Waals surface area (Å²) in [5, 5.41) is 15.3. The van der Waals surface area contributed by atoms with Crippen LogP contribution in [-0.4, -0.2) is 32.8 Å². The quantitative estimate of drug-likeness (QED) is 0.841. The van der Waals surface area contributed by atoms with Gasteiger partial charge < -0.3 is 9.88 Å². The zero-order valence-corrected chi connectivity index (χ0v) is 14.6. The van der Waals surface area contributed by atoms with E-state index in [9.17, 15) is 4.79 Å². The number of aromatic nitrogens is 3. The lowest BCUT2D eigenvalue weighted by molar-refractivity contribution is -0.123. The Labute approximate surface area is 148 Å². The van der Waals surface area contributed by atoms with Crippen LogP contribution >= 0.6 is 0 Å². The number of aryl methyl sites for hydroxylation is 2. The minimum absolute atomic E-state index is 0.0824. The molecule has 2 N–H and O–H groups in total. The molecule has 1 fully saturated rings. The van der Waals surface area contributed by atoms with Crippen molar-refractivity contribution in [3.63, 3.8) is 0 Å². The number of nitrogens with one attached hydrogen (secondary N) is 2. The lowest BCUT2D eigenvalue weighted by Gasteiger charge is -2.29. The molecule has 2 aliphatic rings. The van der Waals surface area contributed by atoms with Crippen LogP contribution in [0.25, 0.3) is 0 Å². The van der Waals surface area contributed by atoms with Gasteiger partial charge in [0.1, 0.15) is 17.7 Å². The average Bonchev–Trinajstić information content (AvgIpc) is 3.36. The van der Waals surface area contributed by atoms with Gasteiger partial charge in [-0.05, 0) is 24.8 Å². The van der Waals surface area contributed by atoms with Gasteiger partial charge in [0.15, 0.2) is 0 Å². The Bertz CT molecular complexity index is 724. The first kappa shape index (κ1) is 16.3. The van der Waals surface area contributed by atoms with E-state index in [1.807, 2.05) is 30.3 Å². The van der Waals surface area contributed by atoms with E-state index in [0.29, 0.717) is 6.04 Å². The first-order chi connectivity index (χ1) is 12.2. The van der Waals surface area contributed by atoms with Gasteiger partial charge in [-0.25, -0.2) is 0 Å². The molecule has 0 saturated heterocycles. The maximum absolute atomic E-state index is 12.8. The molecule has 2 aromatic rings. The summed E-state index contributed by atoms with van der Waals surface area (Å²) in [6, 6.07) is 10.3. The normalized spacial score (nSPS) is 20.8. The first-order valence-corrected chi connectivity index (χ1v) is 9.27. The summed E-state index contributed by atoms with van der Waals surface area (Å²) in [6.07, 6.45) is 4.95. The molecule has 4 rings (SSSR count). The molecule has 6 nitrogen and oxygen atoms in total. The molecule has 25 heavy (non-hydrogen) atoms. The van der Waals surface area contributed by atoms with E-state index in [2.05, 4.69) is 32.3 Å². The van der Waals surface area contributed by atoms with Crippen molar-refractivity contribution >= 4 is 5.91 Å². The highest BCUT2D eigenvalue weighted by Gasteiger charge is 2.31. The van der Waals surface area contributed by atoms with Crippen LogP contribution in [0.2, 0.25) is 0 Å². The zero-order valence-electron chi connectivity index (χ0n) is 14.6. The molecule has 2 heterocycles. The minimum atomic E-state index is -0.310. The Balaban J connectivity index is 1.51. The van der Waals surface area contributed by atoms with Crippen molar-refractivity contribution in [2.24, 2.45) is 0 Å². The number of rotatable bonds is 6. The van der Waals surface area contributed by atoms with E-state index in [4.69, 9.17) is 0 Å². The Morgan fingerprint density at radius 2 is 2.00 bits per heavy atom. The maximum atomic E-state index is 12.8. The van der Waals surface area contributed by atoms with Gasteiger partial charge in [0.2, 0.25) is 5.91 Å². The predicted octanol–water partition coefficient (Wildman–Crippen LogP) is 1.76.